The number of H-pyrrole nitrogens is 1. The highest BCUT2D eigenvalue weighted by Gasteiger charge is 2.38. The minimum absolute atomic E-state index is 0.120. The number of aliphatic carboxylic acids is 1. The van der Waals surface area contributed by atoms with Crippen LogP contribution in [0.3, 0.4) is 0 Å². The second kappa shape index (κ2) is 33.3. The lowest BCUT2D eigenvalue weighted by Gasteiger charge is -2.30. The van der Waals surface area contributed by atoms with Crippen LogP contribution in [-0.4, -0.2) is 200 Å². The number of fused-ring (bicyclic) bond motifs is 1. The van der Waals surface area contributed by atoms with Crippen LogP contribution >= 0.6 is 0 Å². The van der Waals surface area contributed by atoms with E-state index in [0.29, 0.717) is 0 Å². The number of aliphatic hydroxyl groups excluding tert-OH is 4. The van der Waals surface area contributed by atoms with Gasteiger partial charge in [-0.05, 0) is 56.6 Å². The van der Waals surface area contributed by atoms with Crippen LogP contribution < -0.4 is 70.4 Å². The molecule has 1 aromatic carbocycles. The van der Waals surface area contributed by atoms with E-state index in [1.807, 2.05) is 29.6 Å². The second-order valence-corrected chi connectivity index (χ2v) is 19.6. The maximum Gasteiger partial charge on any atom is 0.328 e. The lowest BCUT2D eigenvalue weighted by atomic mass is 9.99. The van der Waals surface area contributed by atoms with E-state index in [-0.39, 0.29) is 12.8 Å². The lowest BCUT2D eigenvalue weighted by Crippen LogP contribution is -2.63. The van der Waals surface area contributed by atoms with E-state index in [9.17, 15) is 82.8 Å². The van der Waals surface area contributed by atoms with Crippen molar-refractivity contribution < 1.29 is 87.9 Å². The number of benzene rings is 1. The van der Waals surface area contributed by atoms with Gasteiger partial charge in [0.2, 0.25) is 70.9 Å². The maximum absolute atomic E-state index is 13.9. The summed E-state index contributed by atoms with van der Waals surface area (Å²) in [7, 11) is 0. The monoisotopic (exact) mass is 1150 g/mol. The van der Waals surface area contributed by atoms with Crippen molar-refractivity contribution in [2.24, 2.45) is 29.0 Å². The molecule has 1 heterocycles. The van der Waals surface area contributed by atoms with Crippen molar-refractivity contribution in [2.45, 2.75) is 140 Å². The summed E-state index contributed by atoms with van der Waals surface area (Å²) in [5.41, 5.74) is 18.3. The molecule has 0 fully saturated rings. The first kappa shape index (κ1) is 68.8. The number of carbonyl (C=O) groups is 13. The van der Waals surface area contributed by atoms with Gasteiger partial charge in [-0.15, -0.1) is 0 Å². The number of hydrogen-bond donors (Lipinski definition) is 19. The molecule has 0 bridgehead atoms. The molecular formula is C49H76N14O18. The van der Waals surface area contributed by atoms with Crippen LogP contribution in [0.25, 0.3) is 10.9 Å². The first-order valence-corrected chi connectivity index (χ1v) is 25.6. The van der Waals surface area contributed by atoms with Gasteiger partial charge >= 0.3 is 5.97 Å². The molecule has 2 rings (SSSR count). The number of aromatic amines is 1. The van der Waals surface area contributed by atoms with Crippen LogP contribution in [0.2, 0.25) is 0 Å². The summed E-state index contributed by atoms with van der Waals surface area (Å²) >= 11 is 0. The minimum Gasteiger partial charge on any atom is -0.480 e. The molecule has 0 saturated heterocycles. The molecule has 32 nitrogen and oxygen atoms in total. The van der Waals surface area contributed by atoms with Gasteiger partial charge in [0.25, 0.3) is 0 Å². The fourth-order valence-electron chi connectivity index (χ4n) is 7.60. The third-order valence-corrected chi connectivity index (χ3v) is 12.2. The van der Waals surface area contributed by atoms with Crippen LogP contribution in [0.15, 0.2) is 30.5 Å². The second-order valence-electron chi connectivity index (χ2n) is 19.6. The molecule has 2 aromatic rings. The highest BCUT2D eigenvalue weighted by atomic mass is 16.4. The molecule has 0 spiro atoms. The topological polar surface area (TPSA) is 537 Å². The van der Waals surface area contributed by atoms with E-state index in [1.54, 1.807) is 6.20 Å². The molecule has 81 heavy (non-hydrogen) atoms. The summed E-state index contributed by atoms with van der Waals surface area (Å²) in [5.74, 6) is -15.5. The Morgan fingerprint density at radius 3 is 1.42 bits per heavy atom. The number of hydrogen-bond acceptors (Lipinski definition) is 18. The average molecular weight is 1150 g/mol. The number of para-hydroxylation sites is 1. The number of carboxylic acid groups (broad SMARTS) is 1. The van der Waals surface area contributed by atoms with Gasteiger partial charge < -0.3 is 101 Å². The molecule has 22 N–H and O–H groups in total. The molecule has 32 heteroatoms. The Morgan fingerprint density at radius 1 is 0.506 bits per heavy atom. The Bertz CT molecular complexity index is 2570. The quantitative estimate of drug-likeness (QED) is 0.0305. The number of nitrogens with two attached hydrogens (primary N) is 3. The lowest BCUT2D eigenvalue weighted by molar-refractivity contribution is -0.143. The number of primary amides is 2. The van der Waals surface area contributed by atoms with Gasteiger partial charge in [0, 0.05) is 29.9 Å². The summed E-state index contributed by atoms with van der Waals surface area (Å²) in [4.78, 5) is 171. The largest absolute Gasteiger partial charge is 0.480 e. The van der Waals surface area contributed by atoms with Crippen molar-refractivity contribution in [1.82, 2.24) is 58.2 Å². The Hall–Kier alpha value is -8.33. The number of nitrogens with one attached hydrogen (secondary N) is 11. The van der Waals surface area contributed by atoms with E-state index >= 15 is 0 Å². The van der Waals surface area contributed by atoms with Gasteiger partial charge in [0.15, 0.2) is 0 Å². The number of aromatic nitrogens is 1. The molecule has 450 valence electrons. The Balaban J connectivity index is 2.16. The summed E-state index contributed by atoms with van der Waals surface area (Å²) in [5, 5.41) is 72.7. The predicted octanol–water partition coefficient (Wildman–Crippen LogP) is -8.18. The van der Waals surface area contributed by atoms with E-state index in [4.69, 9.17) is 22.3 Å². The number of aliphatic hydroxyl groups is 4. The number of carbonyl (C=O) groups excluding carboxylic acids is 12. The summed E-state index contributed by atoms with van der Waals surface area (Å²) in [6.45, 7) is 4.44. The zero-order valence-electron chi connectivity index (χ0n) is 45.5. The summed E-state index contributed by atoms with van der Waals surface area (Å²) < 4.78 is 0. The highest BCUT2D eigenvalue weighted by Crippen LogP contribution is 2.19. The van der Waals surface area contributed by atoms with Crippen molar-refractivity contribution >= 4 is 87.8 Å². The van der Waals surface area contributed by atoms with Gasteiger partial charge in [0.05, 0.1) is 44.6 Å². The molecule has 0 unspecified atom stereocenters. The van der Waals surface area contributed by atoms with Crippen molar-refractivity contribution in [3.05, 3.63) is 36.0 Å². The predicted molar refractivity (Wildman–Crippen MR) is 283 cm³/mol. The minimum atomic E-state index is -1.86. The molecule has 12 amide bonds. The molecule has 0 aliphatic heterocycles. The van der Waals surface area contributed by atoms with Gasteiger partial charge in [-0.3, -0.25) is 57.5 Å². The molecule has 1 aromatic heterocycles. The zero-order valence-corrected chi connectivity index (χ0v) is 45.5. The van der Waals surface area contributed by atoms with Crippen molar-refractivity contribution in [3.8, 4) is 0 Å². The fraction of sp³-hybridized carbons (Fsp3) is 0.571. The van der Waals surface area contributed by atoms with Crippen LogP contribution in [0.4, 0.5) is 0 Å². The van der Waals surface area contributed by atoms with E-state index in [2.05, 4.69) is 52.8 Å². The van der Waals surface area contributed by atoms with Crippen LogP contribution in [0, 0.1) is 11.8 Å². The summed E-state index contributed by atoms with van der Waals surface area (Å²) in [6.07, 6.45) is -3.35. The van der Waals surface area contributed by atoms with Crippen LogP contribution in [-0.2, 0) is 68.7 Å². The van der Waals surface area contributed by atoms with E-state index in [0.717, 1.165) is 30.3 Å². The van der Waals surface area contributed by atoms with Crippen LogP contribution in [0.5, 0.6) is 0 Å². The van der Waals surface area contributed by atoms with Crippen molar-refractivity contribution in [2.75, 3.05) is 26.3 Å². The Morgan fingerprint density at radius 2 is 0.914 bits per heavy atom. The Kier molecular flexibility index (Phi) is 28.3. The van der Waals surface area contributed by atoms with Crippen molar-refractivity contribution in [1.29, 1.82) is 0 Å². The standard InChI is InChI=1S/C49H76N14O18/c1-21(2)37(45(76)58-31(19-64)44(75)59-32(20-65)49(80)81)62-48(79)40(24(6)67)63-46(77)38(22(3)4)61-43(74)30(12-14-34(52)69)57-47(78)39(23(5)66)60-36(71)18-55-42(73)29(11-13-33(51)68)56-35(70)17-54-41(72)27(50)15-25-16-53-28-10-8-7-9-26(25)28/h7-10,16,21-24,27,29-32,37-40,53,64-67H,11-15,17-20,50H2,1-6H3,(H2,51,68)(H2,52,69)(H,54,72)(H,55,73)(H,56,70)(H,57,78)(H,58,76)(H,59,75)(H,60,71)(H,61,74)(H,62,79)(H,63,77)(H,80,81)/t23-,24-,27+,29+,30+,31+,32+,37+,38+,39+,40+/m1/s1. The van der Waals surface area contributed by atoms with Gasteiger partial charge in [0.1, 0.15) is 48.3 Å². The average Bonchev–Trinajstić information content (AvgIpc) is 3.88. The first-order chi connectivity index (χ1) is 37.9. The third kappa shape index (κ3) is 22.7. The summed E-state index contributed by atoms with van der Waals surface area (Å²) in [6, 6.07) is -7.23. The molecule has 0 aliphatic carbocycles. The molecule has 11 atom stereocenters. The van der Waals surface area contributed by atoms with Crippen LogP contribution in [0.1, 0.15) is 72.8 Å². The molecule has 0 aliphatic rings. The van der Waals surface area contributed by atoms with E-state index in [1.165, 1.54) is 27.7 Å². The van der Waals surface area contributed by atoms with Gasteiger partial charge in [-0.2, -0.15) is 0 Å². The number of rotatable bonds is 35. The normalized spacial score (nSPS) is 15.3. The fourth-order valence-corrected chi connectivity index (χ4v) is 7.60. The highest BCUT2D eigenvalue weighted by molar-refractivity contribution is 5.99. The van der Waals surface area contributed by atoms with Crippen molar-refractivity contribution in [3.63, 3.8) is 0 Å². The first-order valence-electron chi connectivity index (χ1n) is 25.6. The van der Waals surface area contributed by atoms with Gasteiger partial charge in [-0.25, -0.2) is 4.79 Å². The number of carboxylic acids is 1. The maximum atomic E-state index is 13.9. The van der Waals surface area contributed by atoms with E-state index < -0.39 is 201 Å². The molecular weight excluding hydrogens is 1070 g/mol. The Labute approximate surface area is 464 Å². The zero-order chi connectivity index (χ0) is 61.4. The molecule has 0 radical (unpaired) electrons. The third-order valence-electron chi connectivity index (χ3n) is 12.2. The molecule has 0 saturated carbocycles. The smallest absolute Gasteiger partial charge is 0.328 e. The SMILES string of the molecule is CC(C)[C@H](NC(=O)[C@H](CCC(N)=O)NC(=O)[C@@H](NC(=O)CNC(=O)[C@H](CCC(N)=O)NC(=O)CNC(=O)[C@@H](N)Cc1c[nH]c2ccccc12)[C@@H](C)O)C(=O)N[C@H](C(=O)N[C@H](C(=O)N[C@@H](CO)C(=O)N[C@@H](CO)C(=O)O)C(C)C)[C@@H](C)O. The number of amides is 12. The van der Waals surface area contributed by atoms with Gasteiger partial charge in [-0.1, -0.05) is 45.9 Å².